The van der Waals surface area contributed by atoms with Crippen molar-refractivity contribution >= 4 is 50.9 Å². The molecule has 0 spiro atoms. The quantitative estimate of drug-likeness (QED) is 0.480. The van der Waals surface area contributed by atoms with Crippen LogP contribution in [0.25, 0.3) is 10.2 Å². The summed E-state index contributed by atoms with van der Waals surface area (Å²) < 4.78 is 0. The molecule has 0 radical (unpaired) electrons. The standard InChI is InChI=1S/C20H19N3O3S2/c1-11-2-7-14-15(8-11)28-19-17(14)18(21-10-22-19)27-9-16(24)23-13-5-3-12(4-6-13)20(25)26/h3-6,10-11H,2,7-9H2,1H3,(H,23,24)(H,25,26)/t11-/m0/s1. The van der Waals surface area contributed by atoms with Crippen molar-refractivity contribution in [2.75, 3.05) is 11.1 Å². The number of carboxylic acids is 1. The number of thioether (sulfide) groups is 1. The van der Waals surface area contributed by atoms with Gasteiger partial charge in [-0.2, -0.15) is 0 Å². The lowest BCUT2D eigenvalue weighted by atomic mass is 9.89. The fourth-order valence-electron chi connectivity index (χ4n) is 3.38. The number of nitrogens with one attached hydrogen (secondary N) is 1. The number of aromatic nitrogens is 2. The van der Waals surface area contributed by atoms with E-state index < -0.39 is 5.97 Å². The number of aryl methyl sites for hydroxylation is 1. The zero-order valence-electron chi connectivity index (χ0n) is 15.3. The van der Waals surface area contributed by atoms with Crippen LogP contribution in [-0.4, -0.2) is 32.7 Å². The molecule has 0 saturated carbocycles. The van der Waals surface area contributed by atoms with E-state index >= 15 is 0 Å². The number of thiophene rings is 1. The minimum Gasteiger partial charge on any atom is -0.478 e. The van der Waals surface area contributed by atoms with Crippen LogP contribution in [-0.2, 0) is 17.6 Å². The fraction of sp³-hybridized carbons (Fsp3) is 0.300. The van der Waals surface area contributed by atoms with E-state index in [2.05, 4.69) is 22.2 Å². The molecule has 0 bridgehead atoms. The number of amides is 1. The van der Waals surface area contributed by atoms with Crippen LogP contribution in [0.15, 0.2) is 35.6 Å². The second-order valence-corrected chi connectivity index (χ2v) is 8.98. The largest absolute Gasteiger partial charge is 0.478 e. The molecule has 1 aliphatic carbocycles. The zero-order valence-corrected chi connectivity index (χ0v) is 16.9. The number of benzene rings is 1. The van der Waals surface area contributed by atoms with Crippen LogP contribution in [0.2, 0.25) is 0 Å². The number of aromatic carboxylic acids is 1. The molecule has 0 aliphatic heterocycles. The average molecular weight is 414 g/mol. The topological polar surface area (TPSA) is 92.2 Å². The van der Waals surface area contributed by atoms with E-state index in [1.807, 2.05) is 0 Å². The number of fused-ring (bicyclic) bond motifs is 3. The summed E-state index contributed by atoms with van der Waals surface area (Å²) in [7, 11) is 0. The summed E-state index contributed by atoms with van der Waals surface area (Å²) in [5.41, 5.74) is 2.11. The van der Waals surface area contributed by atoms with Crippen molar-refractivity contribution in [3.05, 3.63) is 46.6 Å². The highest BCUT2D eigenvalue weighted by molar-refractivity contribution is 8.00. The van der Waals surface area contributed by atoms with Gasteiger partial charge >= 0.3 is 5.97 Å². The monoisotopic (exact) mass is 413 g/mol. The van der Waals surface area contributed by atoms with Crippen LogP contribution < -0.4 is 5.32 Å². The molecule has 144 valence electrons. The van der Waals surface area contributed by atoms with E-state index in [9.17, 15) is 9.59 Å². The third-order valence-electron chi connectivity index (χ3n) is 4.81. The summed E-state index contributed by atoms with van der Waals surface area (Å²) in [6.45, 7) is 2.28. The number of carboxylic acid groups (broad SMARTS) is 1. The first kappa shape index (κ1) is 18.9. The van der Waals surface area contributed by atoms with E-state index in [1.165, 1.54) is 40.8 Å². The Labute approximate surface area is 170 Å². The SMILES string of the molecule is C[C@H]1CCc2c(sc3ncnc(SCC(=O)Nc4ccc(C(=O)O)cc4)c23)C1. The Bertz CT molecular complexity index is 1050. The highest BCUT2D eigenvalue weighted by Crippen LogP contribution is 2.40. The average Bonchev–Trinajstić information content (AvgIpc) is 3.04. The molecule has 2 N–H and O–H groups in total. The van der Waals surface area contributed by atoms with Gasteiger partial charge in [0.1, 0.15) is 16.2 Å². The summed E-state index contributed by atoms with van der Waals surface area (Å²) in [5, 5.41) is 13.7. The fourth-order valence-corrected chi connectivity index (χ4v) is 5.62. The van der Waals surface area contributed by atoms with Crippen LogP contribution in [0.5, 0.6) is 0 Å². The molecular weight excluding hydrogens is 394 g/mol. The van der Waals surface area contributed by atoms with Crippen molar-refractivity contribution in [2.45, 2.75) is 31.2 Å². The third kappa shape index (κ3) is 3.88. The first-order valence-corrected chi connectivity index (χ1v) is 10.8. The Morgan fingerprint density at radius 3 is 2.82 bits per heavy atom. The van der Waals surface area contributed by atoms with E-state index in [-0.39, 0.29) is 17.2 Å². The van der Waals surface area contributed by atoms with E-state index in [4.69, 9.17) is 5.11 Å². The van der Waals surface area contributed by atoms with Crippen molar-refractivity contribution < 1.29 is 14.7 Å². The lowest BCUT2D eigenvalue weighted by Gasteiger charge is -2.18. The number of anilines is 1. The Morgan fingerprint density at radius 2 is 2.07 bits per heavy atom. The summed E-state index contributed by atoms with van der Waals surface area (Å²) >= 11 is 3.16. The van der Waals surface area contributed by atoms with Gasteiger partial charge in [0.15, 0.2) is 0 Å². The van der Waals surface area contributed by atoms with Gasteiger partial charge in [0.2, 0.25) is 5.91 Å². The van der Waals surface area contributed by atoms with Gasteiger partial charge in [0.25, 0.3) is 0 Å². The Hall–Kier alpha value is -2.45. The Kier molecular flexibility index (Phi) is 5.32. The molecule has 0 unspecified atom stereocenters. The van der Waals surface area contributed by atoms with Crippen LogP contribution in [0.4, 0.5) is 5.69 Å². The molecule has 3 aromatic rings. The molecule has 28 heavy (non-hydrogen) atoms. The molecule has 6 nitrogen and oxygen atoms in total. The molecule has 4 rings (SSSR count). The van der Waals surface area contributed by atoms with Crippen LogP contribution in [0.3, 0.4) is 0 Å². The Balaban J connectivity index is 1.46. The van der Waals surface area contributed by atoms with E-state index in [0.29, 0.717) is 11.6 Å². The van der Waals surface area contributed by atoms with Gasteiger partial charge < -0.3 is 10.4 Å². The molecule has 1 atom stereocenters. The van der Waals surface area contributed by atoms with Crippen molar-refractivity contribution in [3.8, 4) is 0 Å². The number of nitrogens with zero attached hydrogens (tertiary/aromatic N) is 2. The number of carbonyl (C=O) groups is 2. The normalized spacial score (nSPS) is 16.0. The van der Waals surface area contributed by atoms with Gasteiger partial charge in [-0.3, -0.25) is 4.79 Å². The molecule has 0 fully saturated rings. The zero-order chi connectivity index (χ0) is 19.7. The second kappa shape index (κ2) is 7.89. The van der Waals surface area contributed by atoms with E-state index in [1.54, 1.807) is 29.8 Å². The predicted molar refractivity (Wildman–Crippen MR) is 111 cm³/mol. The minimum absolute atomic E-state index is 0.155. The number of hydrogen-bond acceptors (Lipinski definition) is 6. The Morgan fingerprint density at radius 1 is 1.29 bits per heavy atom. The van der Waals surface area contributed by atoms with Gasteiger partial charge in [-0.1, -0.05) is 18.7 Å². The minimum atomic E-state index is -0.991. The van der Waals surface area contributed by atoms with Crippen molar-refractivity contribution in [2.24, 2.45) is 5.92 Å². The lowest BCUT2D eigenvalue weighted by Crippen LogP contribution is -2.14. The number of hydrogen-bond donors (Lipinski definition) is 2. The molecule has 2 heterocycles. The molecule has 8 heteroatoms. The molecule has 1 amide bonds. The van der Waals surface area contributed by atoms with Gasteiger partial charge in [-0.25, -0.2) is 14.8 Å². The number of carbonyl (C=O) groups excluding carboxylic acids is 1. The first-order valence-electron chi connectivity index (χ1n) is 9.02. The predicted octanol–water partition coefficient (Wildman–Crippen LogP) is 4.25. The van der Waals surface area contributed by atoms with Gasteiger partial charge in [0.05, 0.1) is 11.3 Å². The summed E-state index contributed by atoms with van der Waals surface area (Å²) in [4.78, 5) is 34.5. The molecule has 2 aromatic heterocycles. The maximum absolute atomic E-state index is 12.3. The molecule has 0 saturated heterocycles. The first-order chi connectivity index (χ1) is 13.5. The second-order valence-electron chi connectivity index (χ2n) is 6.93. The van der Waals surface area contributed by atoms with Gasteiger partial charge in [-0.05, 0) is 55.0 Å². The third-order valence-corrected chi connectivity index (χ3v) is 6.96. The van der Waals surface area contributed by atoms with Crippen LogP contribution in [0, 0.1) is 5.92 Å². The smallest absolute Gasteiger partial charge is 0.335 e. The highest BCUT2D eigenvalue weighted by Gasteiger charge is 2.23. The maximum Gasteiger partial charge on any atom is 0.335 e. The molecule has 1 aromatic carbocycles. The van der Waals surface area contributed by atoms with Crippen LogP contribution >= 0.6 is 23.1 Å². The summed E-state index contributed by atoms with van der Waals surface area (Å²) in [5.74, 6) is -0.219. The van der Waals surface area contributed by atoms with E-state index in [0.717, 1.165) is 28.1 Å². The number of rotatable bonds is 5. The summed E-state index contributed by atoms with van der Waals surface area (Å²) in [6.07, 6.45) is 4.87. The maximum atomic E-state index is 12.3. The van der Waals surface area contributed by atoms with Crippen LogP contribution in [0.1, 0.15) is 34.1 Å². The lowest BCUT2D eigenvalue weighted by molar-refractivity contribution is -0.113. The highest BCUT2D eigenvalue weighted by atomic mass is 32.2. The van der Waals surface area contributed by atoms with Crippen molar-refractivity contribution in [1.29, 1.82) is 0 Å². The van der Waals surface area contributed by atoms with Gasteiger partial charge in [0, 0.05) is 16.0 Å². The van der Waals surface area contributed by atoms with Crippen molar-refractivity contribution in [1.82, 2.24) is 9.97 Å². The molecule has 1 aliphatic rings. The van der Waals surface area contributed by atoms with Gasteiger partial charge in [-0.15, -0.1) is 11.3 Å². The summed E-state index contributed by atoms with van der Waals surface area (Å²) in [6, 6.07) is 6.12. The molecular formula is C20H19N3O3S2. The van der Waals surface area contributed by atoms with Crippen molar-refractivity contribution in [3.63, 3.8) is 0 Å².